The molecule has 5 nitrogen and oxygen atoms in total. The first-order chi connectivity index (χ1) is 11.2. The van der Waals surface area contributed by atoms with Gasteiger partial charge in [0.2, 0.25) is 5.79 Å². The Morgan fingerprint density at radius 1 is 1.17 bits per heavy atom. The molecule has 6 heteroatoms. The van der Waals surface area contributed by atoms with Crippen molar-refractivity contribution in [1.29, 1.82) is 0 Å². The summed E-state index contributed by atoms with van der Waals surface area (Å²) >= 11 is 0. The molecule has 0 aromatic heterocycles. The number of hydrogen-bond acceptors (Lipinski definition) is 5. The Hall–Kier alpha value is 0.0169. The van der Waals surface area contributed by atoms with E-state index in [2.05, 4.69) is 19.6 Å². The first-order valence-electron chi connectivity index (χ1n) is 9.43. The van der Waals surface area contributed by atoms with Gasteiger partial charge in [0.15, 0.2) is 11.9 Å². The molecular weight excluding hydrogens is 324 g/mol. The fourth-order valence-corrected chi connectivity index (χ4v) is 7.24. The summed E-state index contributed by atoms with van der Waals surface area (Å²) in [6, 6.07) is 1.15. The summed E-state index contributed by atoms with van der Waals surface area (Å²) < 4.78 is 12.2. The number of methoxy groups -OCH3 is 1. The largest absolute Gasteiger partial charge is 0.396 e. The molecule has 0 amide bonds. The van der Waals surface area contributed by atoms with Crippen LogP contribution in [0.2, 0.25) is 25.7 Å². The SMILES string of the molecule is CO[C@H]1O[C@]2(C)OO[C@]13[C@H](CCO)CCC[C@@H]3C[C@@H]2C[Si](C)(C)C. The zero-order valence-corrected chi connectivity index (χ0v) is 16.8. The quantitative estimate of drug-likeness (QED) is 0.602. The Balaban J connectivity index is 1.97. The van der Waals surface area contributed by atoms with Crippen molar-refractivity contribution in [1.82, 2.24) is 0 Å². The van der Waals surface area contributed by atoms with Crippen molar-refractivity contribution in [2.75, 3.05) is 13.7 Å². The molecule has 1 aliphatic carbocycles. The normalized spacial score (nSPS) is 45.8. The maximum atomic E-state index is 9.54. The van der Waals surface area contributed by atoms with Gasteiger partial charge in [-0.05, 0) is 50.5 Å². The van der Waals surface area contributed by atoms with Crippen LogP contribution in [0.1, 0.15) is 39.0 Å². The third kappa shape index (κ3) is 3.10. The number of fused-ring (bicyclic) bond motifs is 3. The van der Waals surface area contributed by atoms with Gasteiger partial charge in [0, 0.05) is 27.7 Å². The molecule has 3 saturated heterocycles. The molecule has 140 valence electrons. The third-order valence-corrected chi connectivity index (χ3v) is 8.02. The maximum Gasteiger partial charge on any atom is 0.204 e. The molecule has 4 rings (SSSR count). The third-order valence-electron chi connectivity index (χ3n) is 6.30. The van der Waals surface area contributed by atoms with E-state index in [1.54, 1.807) is 7.11 Å². The van der Waals surface area contributed by atoms with Crippen molar-refractivity contribution in [3.05, 3.63) is 0 Å². The first kappa shape index (κ1) is 18.8. The van der Waals surface area contributed by atoms with Gasteiger partial charge >= 0.3 is 0 Å². The molecule has 1 spiro atoms. The Morgan fingerprint density at radius 3 is 2.54 bits per heavy atom. The molecule has 4 fully saturated rings. The van der Waals surface area contributed by atoms with E-state index in [9.17, 15) is 5.11 Å². The zero-order chi connectivity index (χ0) is 17.6. The average molecular weight is 359 g/mol. The van der Waals surface area contributed by atoms with E-state index in [1.165, 1.54) is 6.42 Å². The second kappa shape index (κ2) is 6.63. The lowest BCUT2D eigenvalue weighted by Crippen LogP contribution is -2.64. The molecule has 3 aliphatic heterocycles. The van der Waals surface area contributed by atoms with Gasteiger partial charge in [-0.25, -0.2) is 9.78 Å². The molecule has 0 unspecified atom stereocenters. The van der Waals surface area contributed by atoms with Gasteiger partial charge in [0.05, 0.1) is 0 Å². The molecule has 3 heterocycles. The summed E-state index contributed by atoms with van der Waals surface area (Å²) in [6.07, 6.45) is 4.66. The van der Waals surface area contributed by atoms with Crippen molar-refractivity contribution in [2.24, 2.45) is 17.8 Å². The van der Waals surface area contributed by atoms with E-state index >= 15 is 0 Å². The number of rotatable bonds is 5. The highest BCUT2D eigenvalue weighted by Gasteiger charge is 2.66. The lowest BCUT2D eigenvalue weighted by atomic mass is 9.64. The molecule has 6 atom stereocenters. The fourth-order valence-electron chi connectivity index (χ4n) is 5.22. The number of hydrogen-bond donors (Lipinski definition) is 1. The van der Waals surface area contributed by atoms with E-state index in [4.69, 9.17) is 19.2 Å². The molecule has 0 aromatic rings. The first-order valence-corrected chi connectivity index (χ1v) is 13.1. The molecule has 24 heavy (non-hydrogen) atoms. The van der Waals surface area contributed by atoms with Crippen LogP contribution in [0.5, 0.6) is 0 Å². The number of aliphatic hydroxyl groups excluding tert-OH is 1. The summed E-state index contributed by atoms with van der Waals surface area (Å²) in [4.78, 5) is 12.1. The van der Waals surface area contributed by atoms with Gasteiger partial charge in [-0.3, -0.25) is 0 Å². The Kier molecular flexibility index (Phi) is 5.19. The van der Waals surface area contributed by atoms with Gasteiger partial charge in [0.25, 0.3) is 0 Å². The highest BCUT2D eigenvalue weighted by atomic mass is 28.3. The van der Waals surface area contributed by atoms with Crippen LogP contribution in [0.15, 0.2) is 0 Å². The minimum atomic E-state index is -1.27. The summed E-state index contributed by atoms with van der Waals surface area (Å²) in [5, 5.41) is 9.54. The summed E-state index contributed by atoms with van der Waals surface area (Å²) in [6.45, 7) is 9.36. The zero-order valence-electron chi connectivity index (χ0n) is 15.8. The van der Waals surface area contributed by atoms with Gasteiger partial charge < -0.3 is 14.6 Å². The number of aliphatic hydroxyl groups is 1. The van der Waals surface area contributed by atoms with Crippen molar-refractivity contribution in [3.8, 4) is 0 Å². The highest BCUT2D eigenvalue weighted by Crippen LogP contribution is 2.57. The molecule has 4 aliphatic rings. The Labute approximate surface area is 146 Å². The maximum absolute atomic E-state index is 9.54. The van der Waals surface area contributed by atoms with Gasteiger partial charge in [-0.2, -0.15) is 0 Å². The second-order valence-electron chi connectivity index (χ2n) is 9.26. The van der Waals surface area contributed by atoms with Crippen LogP contribution in [0.3, 0.4) is 0 Å². The van der Waals surface area contributed by atoms with Crippen LogP contribution < -0.4 is 0 Å². The van der Waals surface area contributed by atoms with Crippen LogP contribution in [-0.4, -0.2) is 44.6 Å². The minimum absolute atomic E-state index is 0.161. The van der Waals surface area contributed by atoms with Gasteiger partial charge in [-0.1, -0.05) is 26.1 Å². The summed E-state index contributed by atoms with van der Waals surface area (Å²) in [5.74, 6) is 0.150. The fraction of sp³-hybridized carbons (Fsp3) is 1.00. The standard InChI is InChI=1S/C18H34O5Si/c1-17-15(12-24(3,4)5)11-14-8-6-7-13(9-10-19)18(14,23-22-17)16(20-2)21-17/h13-16,19H,6-12H2,1-5H3/t13-,14+,15+,16-,17+,18-/m0/s1. The van der Waals surface area contributed by atoms with Crippen molar-refractivity contribution < 1.29 is 24.4 Å². The van der Waals surface area contributed by atoms with Crippen LogP contribution >= 0.6 is 0 Å². The van der Waals surface area contributed by atoms with Crippen molar-refractivity contribution in [3.63, 3.8) is 0 Å². The van der Waals surface area contributed by atoms with E-state index < -0.39 is 25.8 Å². The monoisotopic (exact) mass is 358 g/mol. The van der Waals surface area contributed by atoms with Crippen LogP contribution in [0.25, 0.3) is 0 Å². The van der Waals surface area contributed by atoms with Gasteiger partial charge in [0.1, 0.15) is 0 Å². The summed E-state index contributed by atoms with van der Waals surface area (Å²) in [5.41, 5.74) is -0.580. The average Bonchev–Trinajstić information content (AvgIpc) is 2.68. The van der Waals surface area contributed by atoms with Crippen LogP contribution in [0.4, 0.5) is 0 Å². The molecule has 1 saturated carbocycles. The highest BCUT2D eigenvalue weighted by molar-refractivity contribution is 6.76. The topological polar surface area (TPSA) is 57.2 Å². The Bertz CT molecular complexity index is 451. The lowest BCUT2D eigenvalue weighted by Gasteiger charge is -2.53. The molecule has 0 radical (unpaired) electrons. The van der Waals surface area contributed by atoms with E-state index in [-0.39, 0.29) is 12.5 Å². The Morgan fingerprint density at radius 2 is 1.92 bits per heavy atom. The van der Waals surface area contributed by atoms with E-state index in [0.717, 1.165) is 25.3 Å². The van der Waals surface area contributed by atoms with E-state index in [1.807, 2.05) is 6.92 Å². The van der Waals surface area contributed by atoms with Crippen molar-refractivity contribution in [2.45, 2.75) is 82.4 Å². The number of ether oxygens (including phenoxy) is 2. The van der Waals surface area contributed by atoms with Gasteiger partial charge in [-0.15, -0.1) is 0 Å². The van der Waals surface area contributed by atoms with Crippen LogP contribution in [0, 0.1) is 17.8 Å². The van der Waals surface area contributed by atoms with Crippen LogP contribution in [-0.2, 0) is 19.2 Å². The molecular formula is C18H34O5Si. The molecule has 0 aromatic carbocycles. The lowest BCUT2D eigenvalue weighted by molar-refractivity contribution is -0.560. The smallest absolute Gasteiger partial charge is 0.204 e. The van der Waals surface area contributed by atoms with Crippen molar-refractivity contribution >= 4 is 8.07 Å². The summed E-state index contributed by atoms with van der Waals surface area (Å²) in [7, 11) is 0.423. The predicted octanol–water partition coefficient (Wildman–Crippen LogP) is 3.55. The molecule has 1 N–H and O–H groups in total. The second-order valence-corrected chi connectivity index (χ2v) is 14.8. The predicted molar refractivity (Wildman–Crippen MR) is 94.0 cm³/mol. The minimum Gasteiger partial charge on any atom is -0.396 e. The molecule has 2 bridgehead atoms. The van der Waals surface area contributed by atoms with E-state index in [0.29, 0.717) is 18.3 Å².